The molecule has 0 bridgehead atoms. The number of rotatable bonds is 4. The van der Waals surface area contributed by atoms with E-state index in [2.05, 4.69) is 41.7 Å². The second kappa shape index (κ2) is 7.92. The molecule has 0 unspecified atom stereocenters. The van der Waals surface area contributed by atoms with E-state index in [0.29, 0.717) is 22.8 Å². The molecule has 0 aromatic heterocycles. The SMILES string of the molecule is Cc1ccc([C@H]2CC(=O)NC(SCc3ccc4ccccc4c3)=C2C#N)cc1. The van der Waals surface area contributed by atoms with Gasteiger partial charge >= 0.3 is 0 Å². The number of thioether (sulfide) groups is 1. The molecular formula is C24H20N2OS. The fourth-order valence-corrected chi connectivity index (χ4v) is 4.52. The summed E-state index contributed by atoms with van der Waals surface area (Å²) in [6, 6.07) is 25.1. The topological polar surface area (TPSA) is 52.9 Å². The average molecular weight is 385 g/mol. The number of amides is 1. The normalized spacial score (nSPS) is 16.7. The number of allylic oxidation sites excluding steroid dienone is 1. The lowest BCUT2D eigenvalue weighted by Gasteiger charge is -2.25. The molecule has 3 nitrogen and oxygen atoms in total. The molecule has 1 aliphatic heterocycles. The first-order valence-electron chi connectivity index (χ1n) is 9.25. The van der Waals surface area contributed by atoms with Crippen LogP contribution in [0.3, 0.4) is 0 Å². The Morgan fingerprint density at radius 1 is 1.07 bits per heavy atom. The van der Waals surface area contributed by atoms with Crippen molar-refractivity contribution in [1.82, 2.24) is 5.32 Å². The van der Waals surface area contributed by atoms with Gasteiger partial charge in [-0.15, -0.1) is 11.8 Å². The predicted molar refractivity (Wildman–Crippen MR) is 115 cm³/mol. The van der Waals surface area contributed by atoms with Gasteiger partial charge in [0, 0.05) is 18.1 Å². The molecule has 3 aromatic carbocycles. The molecule has 0 spiro atoms. The van der Waals surface area contributed by atoms with Gasteiger partial charge in [-0.2, -0.15) is 5.26 Å². The first-order valence-corrected chi connectivity index (χ1v) is 10.2. The Hall–Kier alpha value is -3.03. The van der Waals surface area contributed by atoms with Crippen LogP contribution in [-0.4, -0.2) is 5.91 Å². The smallest absolute Gasteiger partial charge is 0.225 e. The first kappa shape index (κ1) is 18.3. The molecule has 0 fully saturated rings. The summed E-state index contributed by atoms with van der Waals surface area (Å²) in [4.78, 5) is 12.3. The molecule has 1 N–H and O–H groups in total. The van der Waals surface area contributed by atoms with Crippen molar-refractivity contribution < 1.29 is 4.79 Å². The van der Waals surface area contributed by atoms with Crippen LogP contribution in [0, 0.1) is 18.3 Å². The number of nitrogens with zero attached hydrogens (tertiary/aromatic N) is 1. The van der Waals surface area contributed by atoms with Gasteiger partial charge in [0.25, 0.3) is 0 Å². The third kappa shape index (κ3) is 3.81. The highest BCUT2D eigenvalue weighted by atomic mass is 32.2. The highest BCUT2D eigenvalue weighted by Gasteiger charge is 2.29. The summed E-state index contributed by atoms with van der Waals surface area (Å²) >= 11 is 1.52. The van der Waals surface area contributed by atoms with E-state index in [1.165, 1.54) is 28.1 Å². The number of carbonyl (C=O) groups excluding carboxylic acids is 1. The minimum absolute atomic E-state index is 0.0365. The van der Waals surface area contributed by atoms with Crippen LogP contribution in [0.25, 0.3) is 10.8 Å². The maximum Gasteiger partial charge on any atom is 0.225 e. The van der Waals surface area contributed by atoms with Crippen LogP contribution in [0.4, 0.5) is 0 Å². The number of benzene rings is 3. The molecule has 0 saturated heterocycles. The summed E-state index contributed by atoms with van der Waals surface area (Å²) < 4.78 is 0. The number of hydrogen-bond acceptors (Lipinski definition) is 3. The van der Waals surface area contributed by atoms with Crippen LogP contribution < -0.4 is 5.32 Å². The number of aryl methyl sites for hydroxylation is 1. The standard InChI is InChI=1S/C24H20N2OS/c1-16-6-9-19(10-7-16)21-13-23(27)26-24(22(21)14-25)28-15-17-8-11-18-4-2-3-5-20(18)12-17/h2-12,21H,13,15H2,1H3,(H,26,27)/t21-/m1/s1. The molecule has 4 rings (SSSR count). The Morgan fingerprint density at radius 3 is 2.57 bits per heavy atom. The van der Waals surface area contributed by atoms with E-state index in [1.807, 2.05) is 43.3 Å². The van der Waals surface area contributed by atoms with E-state index >= 15 is 0 Å². The van der Waals surface area contributed by atoms with E-state index < -0.39 is 0 Å². The van der Waals surface area contributed by atoms with Gasteiger partial charge in [-0.25, -0.2) is 0 Å². The maximum absolute atomic E-state index is 12.3. The van der Waals surface area contributed by atoms with Gasteiger partial charge in [0.05, 0.1) is 16.7 Å². The van der Waals surface area contributed by atoms with E-state index in [-0.39, 0.29) is 11.8 Å². The molecule has 1 aliphatic rings. The predicted octanol–water partition coefficient (Wildman–Crippen LogP) is 5.42. The molecule has 138 valence electrons. The van der Waals surface area contributed by atoms with Crippen LogP contribution in [0.2, 0.25) is 0 Å². The molecular weight excluding hydrogens is 364 g/mol. The number of fused-ring (bicyclic) bond motifs is 1. The molecule has 0 aliphatic carbocycles. The third-order valence-electron chi connectivity index (χ3n) is 5.03. The van der Waals surface area contributed by atoms with Crippen molar-refractivity contribution in [2.24, 2.45) is 0 Å². The summed E-state index contributed by atoms with van der Waals surface area (Å²) in [6.07, 6.45) is 0.311. The van der Waals surface area contributed by atoms with Gasteiger partial charge in [0.15, 0.2) is 0 Å². The number of carbonyl (C=O) groups is 1. The Labute approximate surface area is 169 Å². The Balaban J connectivity index is 1.60. The lowest BCUT2D eigenvalue weighted by molar-refractivity contribution is -0.120. The van der Waals surface area contributed by atoms with Gasteiger partial charge < -0.3 is 5.32 Å². The Kier molecular flexibility index (Phi) is 5.18. The summed E-state index contributed by atoms with van der Waals surface area (Å²) in [7, 11) is 0. The average Bonchev–Trinajstić information content (AvgIpc) is 2.72. The molecule has 28 heavy (non-hydrogen) atoms. The highest BCUT2D eigenvalue weighted by Crippen LogP contribution is 2.37. The lowest BCUT2D eigenvalue weighted by Crippen LogP contribution is -2.30. The minimum atomic E-state index is -0.182. The highest BCUT2D eigenvalue weighted by molar-refractivity contribution is 8.02. The zero-order chi connectivity index (χ0) is 19.5. The van der Waals surface area contributed by atoms with Crippen molar-refractivity contribution in [1.29, 1.82) is 5.26 Å². The van der Waals surface area contributed by atoms with Crippen molar-refractivity contribution in [2.45, 2.75) is 25.0 Å². The van der Waals surface area contributed by atoms with E-state index in [1.54, 1.807) is 0 Å². The van der Waals surface area contributed by atoms with Gasteiger partial charge in [-0.1, -0.05) is 72.3 Å². The molecule has 0 radical (unpaired) electrons. The summed E-state index contributed by atoms with van der Waals surface area (Å²) in [5.41, 5.74) is 3.99. The van der Waals surface area contributed by atoms with E-state index in [0.717, 1.165) is 11.1 Å². The maximum atomic E-state index is 12.3. The van der Waals surface area contributed by atoms with Crippen molar-refractivity contribution in [3.05, 3.63) is 94.0 Å². The van der Waals surface area contributed by atoms with Crippen molar-refractivity contribution >= 4 is 28.4 Å². The quantitative estimate of drug-likeness (QED) is 0.653. The fraction of sp³-hybridized carbons (Fsp3) is 0.167. The molecule has 0 saturated carbocycles. The monoisotopic (exact) mass is 384 g/mol. The number of nitriles is 1. The van der Waals surface area contributed by atoms with Crippen molar-refractivity contribution in [3.63, 3.8) is 0 Å². The van der Waals surface area contributed by atoms with Gasteiger partial charge in [-0.05, 0) is 28.8 Å². The molecule has 1 heterocycles. The van der Waals surface area contributed by atoms with E-state index in [4.69, 9.17) is 0 Å². The van der Waals surface area contributed by atoms with Crippen LogP contribution in [0.1, 0.15) is 29.0 Å². The van der Waals surface area contributed by atoms with Crippen LogP contribution in [-0.2, 0) is 10.5 Å². The molecule has 1 amide bonds. The van der Waals surface area contributed by atoms with Gasteiger partial charge in [0.1, 0.15) is 0 Å². The van der Waals surface area contributed by atoms with Crippen LogP contribution in [0.5, 0.6) is 0 Å². The zero-order valence-corrected chi connectivity index (χ0v) is 16.4. The minimum Gasteiger partial charge on any atom is -0.320 e. The Bertz CT molecular complexity index is 1110. The van der Waals surface area contributed by atoms with Gasteiger partial charge in [0.2, 0.25) is 5.91 Å². The second-order valence-electron chi connectivity index (χ2n) is 7.04. The summed E-state index contributed by atoms with van der Waals surface area (Å²) in [6.45, 7) is 2.03. The van der Waals surface area contributed by atoms with Crippen molar-refractivity contribution in [3.8, 4) is 6.07 Å². The first-order chi connectivity index (χ1) is 13.6. The molecule has 3 aromatic rings. The molecule has 4 heteroatoms. The Morgan fingerprint density at radius 2 is 1.82 bits per heavy atom. The van der Waals surface area contributed by atoms with E-state index in [9.17, 15) is 10.1 Å². The largest absolute Gasteiger partial charge is 0.320 e. The van der Waals surface area contributed by atoms with Crippen molar-refractivity contribution in [2.75, 3.05) is 0 Å². The summed E-state index contributed by atoms with van der Waals surface area (Å²) in [5, 5.41) is 15.8. The number of nitrogens with one attached hydrogen (secondary N) is 1. The summed E-state index contributed by atoms with van der Waals surface area (Å²) in [5.74, 6) is 0.482. The second-order valence-corrected chi connectivity index (χ2v) is 8.03. The van der Waals surface area contributed by atoms with Gasteiger partial charge in [-0.3, -0.25) is 4.79 Å². The van der Waals surface area contributed by atoms with Crippen LogP contribution >= 0.6 is 11.8 Å². The fourth-order valence-electron chi connectivity index (χ4n) is 3.50. The lowest BCUT2D eigenvalue weighted by atomic mass is 9.87. The number of hydrogen-bond donors (Lipinski definition) is 1. The third-order valence-corrected chi connectivity index (χ3v) is 6.12. The zero-order valence-electron chi connectivity index (χ0n) is 15.6. The van der Waals surface area contributed by atoms with Crippen LogP contribution in [0.15, 0.2) is 77.3 Å². The molecule has 1 atom stereocenters.